The van der Waals surface area contributed by atoms with E-state index in [1.54, 1.807) is 0 Å². The van der Waals surface area contributed by atoms with Crippen molar-refractivity contribution in [2.45, 2.75) is 6.54 Å². The Balaban J connectivity index is 1.94. The van der Waals surface area contributed by atoms with E-state index in [0.717, 1.165) is 17.8 Å². The number of hydrogen-bond donors (Lipinski definition) is 1. The quantitative estimate of drug-likeness (QED) is 0.655. The largest absolute Gasteiger partial charge is 0.482 e. The molecule has 0 atom stereocenters. The first-order valence-electron chi connectivity index (χ1n) is 6.20. The Kier molecular flexibility index (Phi) is 4.55. The van der Waals surface area contributed by atoms with E-state index in [9.17, 15) is 4.79 Å². The van der Waals surface area contributed by atoms with E-state index in [1.807, 2.05) is 53.4 Å². The van der Waals surface area contributed by atoms with Crippen molar-refractivity contribution in [1.29, 1.82) is 0 Å². The van der Waals surface area contributed by atoms with Crippen LogP contribution in [0.1, 0.15) is 5.56 Å². The number of esters is 1. The van der Waals surface area contributed by atoms with Crippen LogP contribution in [0, 0.1) is 0 Å². The van der Waals surface area contributed by atoms with Crippen molar-refractivity contribution in [2.75, 3.05) is 19.5 Å². The molecule has 0 aliphatic rings. The van der Waals surface area contributed by atoms with Crippen LogP contribution in [0.5, 0.6) is 5.75 Å². The van der Waals surface area contributed by atoms with Crippen LogP contribution in [0.4, 0.5) is 5.69 Å². The van der Waals surface area contributed by atoms with Gasteiger partial charge in [-0.05, 0) is 24.3 Å². The van der Waals surface area contributed by atoms with Crippen molar-refractivity contribution in [3.63, 3.8) is 0 Å². The molecule has 0 aliphatic carbocycles. The number of carbonyl (C=O) groups excluding carboxylic acids is 1. The lowest BCUT2D eigenvalue weighted by Crippen LogP contribution is -2.33. The van der Waals surface area contributed by atoms with Crippen molar-refractivity contribution >= 4 is 11.7 Å². The number of rotatable bonds is 5. The van der Waals surface area contributed by atoms with E-state index in [-0.39, 0.29) is 6.61 Å². The molecule has 104 valence electrons. The van der Waals surface area contributed by atoms with Gasteiger partial charge in [0.1, 0.15) is 5.75 Å². The van der Waals surface area contributed by atoms with Crippen LogP contribution in [0.25, 0.3) is 0 Å². The fraction of sp³-hybridized carbons (Fsp3) is 0.200. The van der Waals surface area contributed by atoms with E-state index >= 15 is 0 Å². The smallest absolute Gasteiger partial charge is 0.343 e. The van der Waals surface area contributed by atoms with Crippen molar-refractivity contribution in [3.8, 4) is 5.75 Å². The molecule has 0 radical (unpaired) electrons. The Hall–Kier alpha value is -2.56. The van der Waals surface area contributed by atoms with Crippen LogP contribution in [-0.2, 0) is 16.1 Å². The first-order valence-corrected chi connectivity index (χ1v) is 6.20. The molecule has 1 aromatic heterocycles. The molecule has 2 rings (SSSR count). The van der Waals surface area contributed by atoms with Gasteiger partial charge < -0.3 is 15.2 Å². The van der Waals surface area contributed by atoms with Gasteiger partial charge in [0, 0.05) is 23.4 Å². The molecule has 0 saturated heterocycles. The second kappa shape index (κ2) is 6.56. The molecule has 1 heterocycles. The third kappa shape index (κ3) is 3.98. The number of nitrogens with two attached hydrogens (primary N) is 1. The maximum atomic E-state index is 11.0. The molecular weight excluding hydrogens is 256 g/mol. The van der Waals surface area contributed by atoms with Gasteiger partial charge in [0.15, 0.2) is 25.5 Å². The summed E-state index contributed by atoms with van der Waals surface area (Å²) in [5.41, 5.74) is 7.51. The number of benzene rings is 1. The van der Waals surface area contributed by atoms with E-state index in [1.165, 1.54) is 7.11 Å². The van der Waals surface area contributed by atoms with E-state index in [4.69, 9.17) is 10.5 Å². The third-order valence-electron chi connectivity index (χ3n) is 2.79. The van der Waals surface area contributed by atoms with Gasteiger partial charge in [-0.3, -0.25) is 0 Å². The van der Waals surface area contributed by atoms with Crippen molar-refractivity contribution in [2.24, 2.45) is 0 Å². The number of nitrogens with zero attached hydrogens (tertiary/aromatic N) is 1. The number of ether oxygens (including phenoxy) is 2. The number of aromatic nitrogens is 1. The predicted molar refractivity (Wildman–Crippen MR) is 74.1 cm³/mol. The number of nitrogen functional groups attached to an aromatic ring is 1. The van der Waals surface area contributed by atoms with Crippen molar-refractivity contribution < 1.29 is 18.8 Å². The highest BCUT2D eigenvalue weighted by molar-refractivity contribution is 5.70. The summed E-state index contributed by atoms with van der Waals surface area (Å²) in [7, 11) is 1.33. The number of anilines is 1. The minimum Gasteiger partial charge on any atom is -0.482 e. The molecule has 0 amide bonds. The Labute approximate surface area is 117 Å². The summed E-state index contributed by atoms with van der Waals surface area (Å²) >= 11 is 0. The molecule has 5 nitrogen and oxygen atoms in total. The molecule has 20 heavy (non-hydrogen) atoms. The van der Waals surface area contributed by atoms with Gasteiger partial charge in [-0.2, -0.15) is 0 Å². The monoisotopic (exact) mass is 273 g/mol. The molecule has 0 fully saturated rings. The zero-order valence-corrected chi connectivity index (χ0v) is 11.3. The van der Waals surface area contributed by atoms with Crippen LogP contribution in [0.3, 0.4) is 0 Å². The number of pyridine rings is 1. The minimum absolute atomic E-state index is 0.0808. The first-order chi connectivity index (χ1) is 9.67. The predicted octanol–water partition coefficient (Wildman–Crippen LogP) is 1.16. The molecule has 2 aromatic rings. The van der Waals surface area contributed by atoms with Crippen LogP contribution < -0.4 is 15.0 Å². The van der Waals surface area contributed by atoms with Crippen molar-refractivity contribution in [3.05, 3.63) is 54.4 Å². The van der Waals surface area contributed by atoms with E-state index in [0.29, 0.717) is 5.75 Å². The zero-order valence-electron chi connectivity index (χ0n) is 11.3. The lowest BCUT2D eigenvalue weighted by molar-refractivity contribution is -0.688. The molecule has 2 N–H and O–H groups in total. The molecule has 0 unspecified atom stereocenters. The normalized spacial score (nSPS) is 10.1. The number of hydrogen-bond acceptors (Lipinski definition) is 4. The van der Waals surface area contributed by atoms with Crippen molar-refractivity contribution in [1.82, 2.24) is 0 Å². The Bertz CT molecular complexity index is 565. The summed E-state index contributed by atoms with van der Waals surface area (Å²) in [6.07, 6.45) is 3.86. The van der Waals surface area contributed by atoms with E-state index < -0.39 is 5.97 Å². The zero-order chi connectivity index (χ0) is 14.4. The highest BCUT2D eigenvalue weighted by atomic mass is 16.6. The highest BCUT2D eigenvalue weighted by Crippen LogP contribution is 2.12. The summed E-state index contributed by atoms with van der Waals surface area (Å²) < 4.78 is 11.8. The summed E-state index contributed by atoms with van der Waals surface area (Å²) in [6, 6.07) is 11.3. The summed E-state index contributed by atoms with van der Waals surface area (Å²) in [6.45, 7) is 0.667. The van der Waals surface area contributed by atoms with Crippen LogP contribution in [0.2, 0.25) is 0 Å². The topological polar surface area (TPSA) is 65.4 Å². The summed E-state index contributed by atoms with van der Waals surface area (Å²) in [4.78, 5) is 11.0. The molecule has 0 bridgehead atoms. The second-order valence-electron chi connectivity index (χ2n) is 4.31. The first kappa shape index (κ1) is 13.9. The molecule has 0 saturated carbocycles. The summed E-state index contributed by atoms with van der Waals surface area (Å²) in [5, 5.41) is 0. The Morgan fingerprint density at radius 2 is 1.80 bits per heavy atom. The SMILES string of the molecule is COC(=O)COc1ccc(C[n+]2ccc(N)cc2)cc1. The second-order valence-corrected chi connectivity index (χ2v) is 4.31. The Morgan fingerprint density at radius 1 is 1.15 bits per heavy atom. The van der Waals surface area contributed by atoms with Crippen LogP contribution >= 0.6 is 0 Å². The van der Waals surface area contributed by atoms with Gasteiger partial charge in [-0.1, -0.05) is 0 Å². The molecule has 1 aromatic carbocycles. The molecule has 0 aliphatic heterocycles. The van der Waals surface area contributed by atoms with Gasteiger partial charge in [0.05, 0.1) is 7.11 Å². The van der Waals surface area contributed by atoms with Crippen LogP contribution in [-0.4, -0.2) is 19.7 Å². The average molecular weight is 273 g/mol. The maximum absolute atomic E-state index is 11.0. The van der Waals surface area contributed by atoms with Gasteiger partial charge in [0.25, 0.3) is 0 Å². The molecular formula is C15H17N2O3+. The van der Waals surface area contributed by atoms with Gasteiger partial charge in [-0.25, -0.2) is 9.36 Å². The third-order valence-corrected chi connectivity index (χ3v) is 2.79. The molecule has 0 spiro atoms. The van der Waals surface area contributed by atoms with E-state index in [2.05, 4.69) is 4.74 Å². The lowest BCUT2D eigenvalue weighted by atomic mass is 10.2. The van der Waals surface area contributed by atoms with Gasteiger partial charge >= 0.3 is 5.97 Å². The standard InChI is InChI=1S/C15H16N2O3/c1-19-15(18)11-20-14-4-2-12(3-5-14)10-17-8-6-13(16)7-9-17/h2-9,16H,10-11H2,1H3/p+1. The minimum atomic E-state index is -0.397. The van der Waals surface area contributed by atoms with Gasteiger partial charge in [-0.15, -0.1) is 0 Å². The molecule has 5 heteroatoms. The fourth-order valence-corrected chi connectivity index (χ4v) is 1.68. The highest BCUT2D eigenvalue weighted by Gasteiger charge is 2.04. The lowest BCUT2D eigenvalue weighted by Gasteiger charge is -2.05. The number of methoxy groups -OCH3 is 1. The average Bonchev–Trinajstić information content (AvgIpc) is 2.48. The maximum Gasteiger partial charge on any atom is 0.343 e. The number of carbonyl (C=O) groups is 1. The Morgan fingerprint density at radius 3 is 2.40 bits per heavy atom. The van der Waals surface area contributed by atoms with Gasteiger partial charge in [0.2, 0.25) is 0 Å². The summed E-state index contributed by atoms with van der Waals surface area (Å²) in [5.74, 6) is 0.243. The fourth-order valence-electron chi connectivity index (χ4n) is 1.68. The van der Waals surface area contributed by atoms with Crippen LogP contribution in [0.15, 0.2) is 48.8 Å².